The summed E-state index contributed by atoms with van der Waals surface area (Å²) < 4.78 is 0. The molecule has 0 radical (unpaired) electrons. The third kappa shape index (κ3) is 1.70. The number of hydrogen-bond donors (Lipinski definition) is 1. The molecule has 1 saturated heterocycles. The minimum Gasteiger partial charge on any atom is -0.388 e. The van der Waals surface area contributed by atoms with Crippen molar-refractivity contribution in [3.63, 3.8) is 0 Å². The Kier molecular flexibility index (Phi) is 1.94. The van der Waals surface area contributed by atoms with Crippen LogP contribution in [0.15, 0.2) is 0 Å². The average molecular weight is 143 g/mol. The topological polar surface area (TPSA) is 40.5 Å². The molecule has 3 heteroatoms. The molecule has 1 unspecified atom stereocenters. The summed E-state index contributed by atoms with van der Waals surface area (Å²) in [6.45, 7) is 3.04. The minimum absolute atomic E-state index is 0.483. The minimum atomic E-state index is -0.654. The maximum absolute atomic E-state index is 10.3. The van der Waals surface area contributed by atoms with Crippen LogP contribution < -0.4 is 0 Å². The summed E-state index contributed by atoms with van der Waals surface area (Å²) >= 11 is 0. The van der Waals surface area contributed by atoms with Crippen LogP contribution >= 0.6 is 0 Å². The van der Waals surface area contributed by atoms with Crippen molar-refractivity contribution in [2.75, 3.05) is 13.1 Å². The number of hydrogen-bond acceptors (Lipinski definition) is 2. The largest absolute Gasteiger partial charge is 0.388 e. The lowest BCUT2D eigenvalue weighted by Crippen LogP contribution is -2.45. The van der Waals surface area contributed by atoms with Gasteiger partial charge in [0.05, 0.1) is 5.60 Å². The van der Waals surface area contributed by atoms with Crippen molar-refractivity contribution in [3.05, 3.63) is 0 Å². The highest BCUT2D eigenvalue weighted by Crippen LogP contribution is 2.18. The van der Waals surface area contributed by atoms with Gasteiger partial charge in [-0.15, -0.1) is 0 Å². The summed E-state index contributed by atoms with van der Waals surface area (Å²) in [5.74, 6) is 0. The molecule has 0 bridgehead atoms. The average Bonchev–Trinajstić information content (AvgIpc) is 1.86. The lowest BCUT2D eigenvalue weighted by Gasteiger charge is -2.34. The predicted molar refractivity (Wildman–Crippen MR) is 37.5 cm³/mol. The zero-order valence-electron chi connectivity index (χ0n) is 6.21. The van der Waals surface area contributed by atoms with Crippen LogP contribution in [0.25, 0.3) is 0 Å². The quantitative estimate of drug-likeness (QED) is 0.524. The number of piperidine rings is 1. The van der Waals surface area contributed by atoms with Crippen LogP contribution in [0, 0.1) is 0 Å². The lowest BCUT2D eigenvalue weighted by atomic mass is 9.96. The van der Waals surface area contributed by atoms with E-state index < -0.39 is 5.60 Å². The van der Waals surface area contributed by atoms with E-state index in [-0.39, 0.29) is 0 Å². The molecule has 58 valence electrons. The summed E-state index contributed by atoms with van der Waals surface area (Å²) in [5, 5.41) is 9.48. The SMILES string of the molecule is CC1(O)CCCN(C=O)C1. The van der Waals surface area contributed by atoms with E-state index in [1.54, 1.807) is 11.8 Å². The summed E-state index contributed by atoms with van der Waals surface area (Å²) in [7, 11) is 0. The molecule has 1 rings (SSSR count). The van der Waals surface area contributed by atoms with Gasteiger partial charge in [-0.3, -0.25) is 4.79 Å². The Morgan fingerprint density at radius 2 is 2.40 bits per heavy atom. The fourth-order valence-corrected chi connectivity index (χ4v) is 1.35. The fraction of sp³-hybridized carbons (Fsp3) is 0.857. The summed E-state index contributed by atoms with van der Waals surface area (Å²) in [5.41, 5.74) is -0.654. The first kappa shape index (κ1) is 7.54. The molecular weight excluding hydrogens is 130 g/mol. The van der Waals surface area contributed by atoms with E-state index in [9.17, 15) is 9.90 Å². The monoisotopic (exact) mass is 143 g/mol. The third-order valence-electron chi connectivity index (χ3n) is 1.85. The number of β-amino-alcohol motifs (C(OH)–C–C–N with tert-alkyl or cyclic N) is 1. The van der Waals surface area contributed by atoms with E-state index in [1.165, 1.54) is 0 Å². The molecular formula is C7H13NO2. The highest BCUT2D eigenvalue weighted by atomic mass is 16.3. The van der Waals surface area contributed by atoms with E-state index in [0.29, 0.717) is 6.54 Å². The molecule has 1 aliphatic heterocycles. The van der Waals surface area contributed by atoms with Gasteiger partial charge in [0.25, 0.3) is 0 Å². The predicted octanol–water partition coefficient (Wildman–Crippen LogP) is -0.0104. The van der Waals surface area contributed by atoms with Gasteiger partial charge in [-0.1, -0.05) is 0 Å². The molecule has 1 fully saturated rings. The van der Waals surface area contributed by atoms with E-state index in [1.807, 2.05) is 0 Å². The molecule has 1 N–H and O–H groups in total. The molecule has 1 amide bonds. The van der Waals surface area contributed by atoms with E-state index in [0.717, 1.165) is 25.8 Å². The van der Waals surface area contributed by atoms with Crippen molar-refractivity contribution in [1.29, 1.82) is 0 Å². The molecule has 0 spiro atoms. The standard InChI is InChI=1S/C7H13NO2/c1-7(10)3-2-4-8(5-7)6-9/h6,10H,2-5H2,1H3. The molecule has 3 nitrogen and oxygen atoms in total. The summed E-state index contributed by atoms with van der Waals surface area (Å²) in [6, 6.07) is 0. The molecule has 1 heterocycles. The van der Waals surface area contributed by atoms with Crippen LogP contribution in [0.3, 0.4) is 0 Å². The Hall–Kier alpha value is -0.570. The number of amides is 1. The highest BCUT2D eigenvalue weighted by Gasteiger charge is 2.27. The van der Waals surface area contributed by atoms with Gasteiger partial charge in [0, 0.05) is 13.1 Å². The maximum Gasteiger partial charge on any atom is 0.209 e. The van der Waals surface area contributed by atoms with Crippen LogP contribution in [0.5, 0.6) is 0 Å². The van der Waals surface area contributed by atoms with Crippen LogP contribution in [0.4, 0.5) is 0 Å². The van der Waals surface area contributed by atoms with Gasteiger partial charge < -0.3 is 10.0 Å². The van der Waals surface area contributed by atoms with Crippen molar-refractivity contribution in [1.82, 2.24) is 4.90 Å². The van der Waals surface area contributed by atoms with Gasteiger partial charge in [-0.2, -0.15) is 0 Å². The molecule has 0 aromatic heterocycles. The van der Waals surface area contributed by atoms with Gasteiger partial charge in [0.2, 0.25) is 6.41 Å². The van der Waals surface area contributed by atoms with Gasteiger partial charge >= 0.3 is 0 Å². The van der Waals surface area contributed by atoms with Crippen LogP contribution in [-0.4, -0.2) is 35.1 Å². The Morgan fingerprint density at radius 1 is 1.70 bits per heavy atom. The second kappa shape index (κ2) is 2.58. The first-order valence-corrected chi connectivity index (χ1v) is 3.56. The van der Waals surface area contributed by atoms with Gasteiger partial charge in [0.1, 0.15) is 0 Å². The molecule has 0 aliphatic carbocycles. The number of rotatable bonds is 1. The van der Waals surface area contributed by atoms with E-state index in [4.69, 9.17) is 0 Å². The molecule has 1 aliphatic rings. The van der Waals surface area contributed by atoms with Crippen molar-refractivity contribution in [2.45, 2.75) is 25.4 Å². The first-order chi connectivity index (χ1) is 4.64. The van der Waals surface area contributed by atoms with Crippen LogP contribution in [0.2, 0.25) is 0 Å². The van der Waals surface area contributed by atoms with E-state index >= 15 is 0 Å². The number of aliphatic hydroxyl groups is 1. The Labute approximate surface area is 60.6 Å². The molecule has 0 saturated carbocycles. The zero-order chi connectivity index (χ0) is 7.61. The summed E-state index contributed by atoms with van der Waals surface area (Å²) in [6.07, 6.45) is 2.51. The highest BCUT2D eigenvalue weighted by molar-refractivity contribution is 5.47. The molecule has 1 atom stereocenters. The fourth-order valence-electron chi connectivity index (χ4n) is 1.35. The van der Waals surface area contributed by atoms with Crippen molar-refractivity contribution in [2.24, 2.45) is 0 Å². The van der Waals surface area contributed by atoms with Crippen LogP contribution in [0.1, 0.15) is 19.8 Å². The lowest BCUT2D eigenvalue weighted by molar-refractivity contribution is -0.124. The number of carbonyl (C=O) groups excluding carboxylic acids is 1. The van der Waals surface area contributed by atoms with Gasteiger partial charge in [-0.05, 0) is 19.8 Å². The Balaban J connectivity index is 2.47. The van der Waals surface area contributed by atoms with Crippen molar-refractivity contribution < 1.29 is 9.90 Å². The van der Waals surface area contributed by atoms with Crippen LogP contribution in [-0.2, 0) is 4.79 Å². The Bertz CT molecular complexity index is 134. The molecule has 0 aromatic rings. The number of likely N-dealkylation sites (tertiary alicyclic amines) is 1. The zero-order valence-corrected chi connectivity index (χ0v) is 6.21. The van der Waals surface area contributed by atoms with E-state index in [2.05, 4.69) is 0 Å². The van der Waals surface area contributed by atoms with Crippen molar-refractivity contribution >= 4 is 6.41 Å². The van der Waals surface area contributed by atoms with Crippen molar-refractivity contribution in [3.8, 4) is 0 Å². The first-order valence-electron chi connectivity index (χ1n) is 3.56. The van der Waals surface area contributed by atoms with Gasteiger partial charge in [-0.25, -0.2) is 0 Å². The number of carbonyl (C=O) groups is 1. The smallest absolute Gasteiger partial charge is 0.209 e. The normalized spacial score (nSPS) is 34.0. The second-order valence-electron chi connectivity index (χ2n) is 3.18. The third-order valence-corrected chi connectivity index (χ3v) is 1.85. The molecule has 0 aromatic carbocycles. The molecule has 10 heavy (non-hydrogen) atoms. The number of nitrogens with zero attached hydrogens (tertiary/aromatic N) is 1. The summed E-state index contributed by atoms with van der Waals surface area (Å²) in [4.78, 5) is 11.9. The Morgan fingerprint density at radius 3 is 2.80 bits per heavy atom. The maximum atomic E-state index is 10.3. The second-order valence-corrected chi connectivity index (χ2v) is 3.18. The van der Waals surface area contributed by atoms with Gasteiger partial charge in [0.15, 0.2) is 0 Å².